The van der Waals surface area contributed by atoms with Crippen LogP contribution >= 0.6 is 81.1 Å². The van der Waals surface area contributed by atoms with Crippen LogP contribution in [-0.2, 0) is 0 Å². The van der Waals surface area contributed by atoms with E-state index in [9.17, 15) is 10.2 Å². The van der Waals surface area contributed by atoms with E-state index < -0.39 is 6.10 Å². The number of aryl methyl sites for hydroxylation is 3. The number of amidine groups is 3. The van der Waals surface area contributed by atoms with Crippen LogP contribution in [0.25, 0.3) is 47.3 Å². The average molecular weight is 937 g/mol. The van der Waals surface area contributed by atoms with Gasteiger partial charge in [0, 0.05) is 76.4 Å². The Kier molecular flexibility index (Phi) is 11.7. The van der Waals surface area contributed by atoms with E-state index in [0.717, 1.165) is 70.8 Å². The summed E-state index contributed by atoms with van der Waals surface area (Å²) in [4.78, 5) is 22.6. The highest BCUT2D eigenvalue weighted by Crippen LogP contribution is 2.49. The molecule has 61 heavy (non-hydrogen) atoms. The molecule has 0 amide bonds. The zero-order valence-electron chi connectivity index (χ0n) is 34.4. The Morgan fingerprint density at radius 2 is 1.02 bits per heavy atom. The lowest BCUT2D eigenvalue weighted by molar-refractivity contribution is 0.240. The number of benzene rings is 3. The van der Waals surface area contributed by atoms with E-state index in [-0.39, 0.29) is 6.61 Å². The van der Waals surface area contributed by atoms with E-state index in [2.05, 4.69) is 127 Å². The van der Waals surface area contributed by atoms with Crippen LogP contribution in [0.3, 0.4) is 0 Å². The molecule has 1 unspecified atom stereocenters. The first-order valence-electron chi connectivity index (χ1n) is 20.2. The predicted molar refractivity (Wildman–Crippen MR) is 273 cm³/mol. The van der Waals surface area contributed by atoms with Gasteiger partial charge in [0.1, 0.15) is 0 Å². The molecule has 3 aromatic carbocycles. The van der Waals surface area contributed by atoms with E-state index in [1.165, 1.54) is 78.7 Å². The van der Waals surface area contributed by atoms with Gasteiger partial charge in [-0.1, -0.05) is 59.9 Å². The molecule has 6 aliphatic heterocycles. The van der Waals surface area contributed by atoms with Gasteiger partial charge in [0.05, 0.1) is 53.7 Å². The summed E-state index contributed by atoms with van der Waals surface area (Å²) in [5.74, 6) is 0. The number of hydrogen-bond acceptors (Lipinski definition) is 15. The fraction of sp³-hybridized carbons (Fsp3) is 0.283. The lowest BCUT2D eigenvalue weighted by atomic mass is 10.0. The van der Waals surface area contributed by atoms with Crippen LogP contribution in [0.5, 0.6) is 0 Å². The minimum absolute atomic E-state index is 0.0784. The SMILES string of the molecule is CSC1=C(c2ccc(C)c3sccc23)N2CCN=C2S1.Cc1ccc(C2=C(C(C)O)SC3=NCCN32)c2ccsc12.Cc1ccc(C2=C(CO)SC3=NCCN32)c2ccsc12. The molecule has 6 aromatic rings. The van der Waals surface area contributed by atoms with Crippen molar-refractivity contribution in [2.45, 2.75) is 33.8 Å². The van der Waals surface area contributed by atoms with Crippen molar-refractivity contribution in [2.75, 3.05) is 52.1 Å². The number of nitrogens with zero attached hydrogens (tertiary/aromatic N) is 6. The largest absolute Gasteiger partial charge is 0.391 e. The molecular formula is C46H44N6O2S7. The molecule has 0 bridgehead atoms. The molecule has 6 aliphatic rings. The molecule has 12 rings (SSSR count). The van der Waals surface area contributed by atoms with Gasteiger partial charge in [-0.25, -0.2) is 0 Å². The summed E-state index contributed by atoms with van der Waals surface area (Å²) < 4.78 is 5.45. The molecule has 15 heteroatoms. The predicted octanol–water partition coefficient (Wildman–Crippen LogP) is 11.6. The van der Waals surface area contributed by atoms with Gasteiger partial charge in [0.15, 0.2) is 15.5 Å². The third-order valence-corrected chi connectivity index (χ3v) is 19.2. The summed E-state index contributed by atoms with van der Waals surface area (Å²) in [5.41, 5.74) is 11.4. The van der Waals surface area contributed by atoms with Gasteiger partial charge in [-0.15, -0.1) is 45.8 Å². The van der Waals surface area contributed by atoms with Gasteiger partial charge >= 0.3 is 0 Å². The highest BCUT2D eigenvalue weighted by molar-refractivity contribution is 8.30. The van der Waals surface area contributed by atoms with Crippen LogP contribution in [-0.4, -0.2) is 98.7 Å². The summed E-state index contributed by atoms with van der Waals surface area (Å²) >= 11 is 12.3. The molecule has 8 nitrogen and oxygen atoms in total. The molecule has 9 heterocycles. The van der Waals surface area contributed by atoms with Crippen molar-refractivity contribution < 1.29 is 10.2 Å². The van der Waals surface area contributed by atoms with E-state index >= 15 is 0 Å². The van der Waals surface area contributed by atoms with Crippen LogP contribution in [0.15, 0.2) is 99.8 Å². The van der Waals surface area contributed by atoms with Gasteiger partial charge in [0.25, 0.3) is 0 Å². The third kappa shape index (κ3) is 7.31. The maximum absolute atomic E-state index is 10.2. The minimum atomic E-state index is -0.465. The number of hydrogen-bond donors (Lipinski definition) is 2. The quantitative estimate of drug-likeness (QED) is 0.170. The molecule has 0 radical (unpaired) electrons. The van der Waals surface area contributed by atoms with Crippen LogP contribution in [0.2, 0.25) is 0 Å². The topological polar surface area (TPSA) is 87.3 Å². The number of thioether (sulfide) groups is 4. The Hall–Kier alpha value is -3.51. The molecule has 0 saturated heterocycles. The Morgan fingerprint density at radius 1 is 0.590 bits per heavy atom. The lowest BCUT2D eigenvalue weighted by Crippen LogP contribution is -2.20. The molecule has 0 saturated carbocycles. The molecule has 0 fully saturated rings. The van der Waals surface area contributed by atoms with Crippen LogP contribution < -0.4 is 0 Å². The number of thiophene rings is 3. The molecule has 312 valence electrons. The van der Waals surface area contributed by atoms with Gasteiger partial charge in [0.2, 0.25) is 0 Å². The van der Waals surface area contributed by atoms with Crippen LogP contribution in [0, 0.1) is 20.8 Å². The van der Waals surface area contributed by atoms with Crippen molar-refractivity contribution in [1.29, 1.82) is 0 Å². The molecule has 2 N–H and O–H groups in total. The van der Waals surface area contributed by atoms with Crippen molar-refractivity contribution in [3.05, 3.63) is 118 Å². The smallest absolute Gasteiger partial charge is 0.169 e. The Balaban J connectivity index is 0.000000110. The second-order valence-electron chi connectivity index (χ2n) is 15.2. The molecule has 1 atom stereocenters. The Labute approximate surface area is 384 Å². The summed E-state index contributed by atoms with van der Waals surface area (Å²) in [6.45, 7) is 13.9. The summed E-state index contributed by atoms with van der Waals surface area (Å²) in [7, 11) is 0. The van der Waals surface area contributed by atoms with Gasteiger partial charge in [-0.05, 0) is 96.7 Å². The van der Waals surface area contributed by atoms with E-state index in [1.807, 2.05) is 41.8 Å². The first-order chi connectivity index (χ1) is 29.7. The summed E-state index contributed by atoms with van der Waals surface area (Å²) in [6.07, 6.45) is 1.69. The maximum Gasteiger partial charge on any atom is 0.169 e. The summed E-state index contributed by atoms with van der Waals surface area (Å²) in [5, 5.41) is 33.5. The second-order valence-corrected chi connectivity index (χ2v) is 22.1. The van der Waals surface area contributed by atoms with Crippen LogP contribution in [0.1, 0.15) is 40.3 Å². The van der Waals surface area contributed by atoms with Gasteiger partial charge in [-0.2, -0.15) is 0 Å². The third-order valence-electron chi connectivity index (χ3n) is 11.4. The number of fused-ring (bicyclic) bond motifs is 6. The molecule has 0 aliphatic carbocycles. The van der Waals surface area contributed by atoms with E-state index in [4.69, 9.17) is 0 Å². The fourth-order valence-electron chi connectivity index (χ4n) is 8.57. The minimum Gasteiger partial charge on any atom is -0.391 e. The molecular weight excluding hydrogens is 893 g/mol. The number of aliphatic hydroxyl groups excluding tert-OH is 2. The number of aliphatic imine (C=N–C) groups is 3. The lowest BCUT2D eigenvalue weighted by Gasteiger charge is -2.19. The molecule has 3 aromatic heterocycles. The van der Waals surface area contributed by atoms with Gasteiger partial charge < -0.3 is 24.9 Å². The second kappa shape index (κ2) is 17.2. The highest BCUT2D eigenvalue weighted by Gasteiger charge is 2.37. The first-order valence-corrected chi connectivity index (χ1v) is 26.5. The van der Waals surface area contributed by atoms with Crippen molar-refractivity contribution in [2.24, 2.45) is 15.0 Å². The standard InChI is InChI=1S/C16H16N2OS2.C15H14N2OS2.C15H14N2S3/c1-9-3-4-11(12-5-8-20-14(9)12)13-15(10(2)19)21-16-17-6-7-18(13)16;1-9-2-3-10(11-4-7-19-14(9)11)13-12(8-18)20-15-16-5-6-17(13)15;1-9-3-4-10(11-5-8-19-13(9)11)12-14(18-2)20-15-16-6-7-17(12)15/h3-5,8,10,19H,6-7H2,1-2H3;2-4,7,18H,5-6,8H2,1H3;3-5,8H,6-7H2,1-2H3. The van der Waals surface area contributed by atoms with Crippen LogP contribution in [0.4, 0.5) is 0 Å². The van der Waals surface area contributed by atoms with Crippen molar-refractivity contribution in [3.63, 3.8) is 0 Å². The number of rotatable bonds is 6. The van der Waals surface area contributed by atoms with E-state index in [1.54, 1.807) is 46.2 Å². The Bertz CT molecular complexity index is 2800. The van der Waals surface area contributed by atoms with Gasteiger partial charge in [-0.3, -0.25) is 15.0 Å². The van der Waals surface area contributed by atoms with Crippen molar-refractivity contribution in [3.8, 4) is 0 Å². The average Bonchev–Trinajstić information content (AvgIpc) is 4.09. The zero-order chi connectivity index (χ0) is 41.9. The number of aliphatic hydroxyl groups is 2. The normalized spacial score (nSPS) is 18.5. The summed E-state index contributed by atoms with van der Waals surface area (Å²) in [6, 6.07) is 19.9. The fourth-order valence-corrected chi connectivity index (χ4v) is 15.4. The molecule has 0 spiro atoms. The van der Waals surface area contributed by atoms with Crippen molar-refractivity contribution in [1.82, 2.24) is 14.7 Å². The maximum atomic E-state index is 10.2. The Morgan fingerprint density at radius 3 is 1.49 bits per heavy atom. The highest BCUT2D eigenvalue weighted by atomic mass is 32.2. The zero-order valence-corrected chi connectivity index (χ0v) is 40.1. The monoisotopic (exact) mass is 936 g/mol. The van der Waals surface area contributed by atoms with E-state index in [0.29, 0.717) is 0 Å². The first kappa shape index (κ1) is 41.5. The van der Waals surface area contributed by atoms with Crippen molar-refractivity contribution >= 4 is 144 Å².